The molecule has 1 fully saturated rings. The lowest BCUT2D eigenvalue weighted by molar-refractivity contribution is 0.262. The van der Waals surface area contributed by atoms with Crippen molar-refractivity contribution >= 4 is 75.8 Å². The minimum atomic E-state index is -3.34. The molecule has 0 aliphatic carbocycles. The van der Waals surface area contributed by atoms with Crippen LogP contribution in [0.1, 0.15) is 0 Å². The van der Waals surface area contributed by atoms with E-state index in [9.17, 15) is 0 Å². The van der Waals surface area contributed by atoms with Crippen molar-refractivity contribution in [2.75, 3.05) is 0 Å². The second kappa shape index (κ2) is 9.15. The maximum absolute atomic E-state index is 6.61. The molecule has 1 aliphatic rings. The molecule has 0 N–H and O–H groups in total. The zero-order valence-corrected chi connectivity index (χ0v) is 20.1. The number of halogens is 4. The van der Waals surface area contributed by atoms with E-state index in [1.807, 2.05) is 0 Å². The van der Waals surface area contributed by atoms with Crippen molar-refractivity contribution in [1.29, 1.82) is 0 Å². The monoisotopic (exact) mass is 480 g/mol. The van der Waals surface area contributed by atoms with E-state index in [2.05, 4.69) is 26.3 Å². The van der Waals surface area contributed by atoms with Gasteiger partial charge in [0.1, 0.15) is 0 Å². The van der Waals surface area contributed by atoms with E-state index in [1.165, 1.54) is 0 Å². The third-order valence-electron chi connectivity index (χ3n) is 2.77. The molecule has 0 aromatic carbocycles. The maximum Gasteiger partial charge on any atom is 0.431 e. The van der Waals surface area contributed by atoms with Crippen molar-refractivity contribution in [3.63, 3.8) is 0 Å². The molecule has 0 bridgehead atoms. The lowest BCUT2D eigenvalue weighted by Crippen LogP contribution is -2.64. The molecule has 0 aromatic rings. The molecule has 4 nitrogen and oxygen atoms in total. The zero-order valence-electron chi connectivity index (χ0n) is 13.1. The van der Waals surface area contributed by atoms with Gasteiger partial charge in [-0.1, -0.05) is 24.3 Å². The summed E-state index contributed by atoms with van der Waals surface area (Å²) in [5, 5.41) is 0. The third kappa shape index (κ3) is 6.52. The fourth-order valence-electron chi connectivity index (χ4n) is 2.02. The minimum absolute atomic E-state index is 0.261. The summed E-state index contributed by atoms with van der Waals surface area (Å²) in [7, 11) is -13.4. The highest BCUT2D eigenvalue weighted by atomic mass is 35.6. The Morgan fingerprint density at radius 2 is 0.667 bits per heavy atom. The summed E-state index contributed by atoms with van der Waals surface area (Å²) in [5.41, 5.74) is 0. The van der Waals surface area contributed by atoms with Gasteiger partial charge in [0, 0.05) is 24.2 Å². The molecule has 0 amide bonds. The molecule has 136 valence electrons. The molecule has 24 heavy (non-hydrogen) atoms. The van der Waals surface area contributed by atoms with Crippen molar-refractivity contribution in [1.82, 2.24) is 0 Å². The predicted molar refractivity (Wildman–Crippen MR) is 111 cm³/mol. The number of rotatable bonds is 8. The van der Waals surface area contributed by atoms with Crippen LogP contribution in [0.3, 0.4) is 0 Å². The summed E-state index contributed by atoms with van der Waals surface area (Å²) in [6.45, 7) is 14.7. The minimum Gasteiger partial charge on any atom is -0.392 e. The summed E-state index contributed by atoms with van der Waals surface area (Å²) < 4.78 is 24.0. The van der Waals surface area contributed by atoms with Crippen LogP contribution >= 0.6 is 44.3 Å². The summed E-state index contributed by atoms with van der Waals surface area (Å²) >= 11 is 26.4. The maximum atomic E-state index is 6.61. The largest absolute Gasteiger partial charge is 0.431 e. The first-order chi connectivity index (χ1) is 11.1. The predicted octanol–water partition coefficient (Wildman–Crippen LogP) is 5.52. The average Bonchev–Trinajstić information content (AvgIpc) is 2.35. The fourth-order valence-corrected chi connectivity index (χ4v) is 27.2. The SMILES string of the molecule is C=CC[Si]1(Cl)O[Si](Cl)(CC=C)O[Si](Cl)(CC=C)O[Si](Cl)(CC=C)O1. The molecule has 1 saturated heterocycles. The first-order valence-electron chi connectivity index (χ1n) is 7.07. The first kappa shape index (κ1) is 22.9. The number of allylic oxidation sites excluding steroid dienone is 4. The molecule has 0 radical (unpaired) electrons. The average molecular weight is 482 g/mol. The molecule has 0 spiro atoms. The molecule has 1 heterocycles. The molecule has 0 saturated carbocycles. The first-order valence-corrected chi connectivity index (χ1v) is 19.2. The van der Waals surface area contributed by atoms with E-state index < -0.39 is 31.5 Å². The Hall–Kier alpha value is 0.828. The Morgan fingerprint density at radius 3 is 0.792 bits per heavy atom. The van der Waals surface area contributed by atoms with Crippen LogP contribution in [-0.4, -0.2) is 31.5 Å². The Morgan fingerprint density at radius 1 is 0.500 bits per heavy atom. The Balaban J connectivity index is 3.33. The van der Waals surface area contributed by atoms with Crippen LogP contribution in [0.25, 0.3) is 0 Å². The van der Waals surface area contributed by atoms with E-state index in [4.69, 9.17) is 60.8 Å². The number of hydrogen-bond acceptors (Lipinski definition) is 4. The van der Waals surface area contributed by atoms with Gasteiger partial charge in [-0.3, -0.25) is 0 Å². The Bertz CT molecular complexity index is 411. The summed E-state index contributed by atoms with van der Waals surface area (Å²) in [4.78, 5) is 0. The highest BCUT2D eigenvalue weighted by Crippen LogP contribution is 2.42. The topological polar surface area (TPSA) is 36.9 Å². The van der Waals surface area contributed by atoms with Crippen LogP contribution in [0.5, 0.6) is 0 Å². The van der Waals surface area contributed by atoms with E-state index in [0.29, 0.717) is 0 Å². The van der Waals surface area contributed by atoms with Gasteiger partial charge in [-0.05, 0) is 0 Å². The Labute approximate surface area is 166 Å². The van der Waals surface area contributed by atoms with Crippen molar-refractivity contribution in [3.8, 4) is 0 Å². The highest BCUT2D eigenvalue weighted by Gasteiger charge is 2.61. The molecule has 1 aliphatic heterocycles. The third-order valence-corrected chi connectivity index (χ3v) is 23.0. The molecule has 1 rings (SSSR count). The molecular weight excluding hydrogens is 462 g/mol. The second-order valence-electron chi connectivity index (χ2n) is 5.02. The van der Waals surface area contributed by atoms with Crippen molar-refractivity contribution < 1.29 is 16.5 Å². The lowest BCUT2D eigenvalue weighted by atomic mass is 10.8. The van der Waals surface area contributed by atoms with Gasteiger partial charge in [0.15, 0.2) is 0 Å². The number of hydrogen-bond donors (Lipinski definition) is 0. The second-order valence-corrected chi connectivity index (χ2v) is 22.1. The summed E-state index contributed by atoms with van der Waals surface area (Å²) in [5.74, 6) is 0. The Kier molecular flexibility index (Phi) is 8.72. The fraction of sp³-hybridized carbons (Fsp3) is 0.333. The van der Waals surface area contributed by atoms with Gasteiger partial charge in [-0.25, -0.2) is 0 Å². The molecular formula is C12H20Cl4O4Si4. The van der Waals surface area contributed by atoms with E-state index in [1.54, 1.807) is 24.3 Å². The van der Waals surface area contributed by atoms with Crippen molar-refractivity contribution in [3.05, 3.63) is 50.6 Å². The van der Waals surface area contributed by atoms with E-state index in [-0.39, 0.29) is 24.2 Å². The van der Waals surface area contributed by atoms with E-state index >= 15 is 0 Å². The zero-order chi connectivity index (χ0) is 18.5. The van der Waals surface area contributed by atoms with Crippen LogP contribution in [0.15, 0.2) is 50.6 Å². The van der Waals surface area contributed by atoms with Gasteiger partial charge >= 0.3 is 31.5 Å². The molecule has 0 aromatic heterocycles. The summed E-state index contributed by atoms with van der Waals surface area (Å²) in [6, 6.07) is 1.04. The van der Waals surface area contributed by atoms with Gasteiger partial charge in [0.25, 0.3) is 0 Å². The molecule has 0 unspecified atom stereocenters. The van der Waals surface area contributed by atoms with Crippen molar-refractivity contribution in [2.24, 2.45) is 0 Å². The van der Waals surface area contributed by atoms with Crippen LogP contribution < -0.4 is 0 Å². The molecule has 0 atom stereocenters. The van der Waals surface area contributed by atoms with Gasteiger partial charge in [-0.15, -0.1) is 70.6 Å². The molecule has 12 heteroatoms. The van der Waals surface area contributed by atoms with Crippen LogP contribution in [0.4, 0.5) is 0 Å². The standard InChI is InChI=1S/C12H20Cl4O4Si4/c1-5-9-21(13)17-22(14,10-6-2)19-24(16,12-8-4)20-23(15,18-21)11-7-3/h5-8H,1-4,9-12H2. The highest BCUT2D eigenvalue weighted by molar-refractivity contribution is 7.32. The van der Waals surface area contributed by atoms with Gasteiger partial charge in [0.2, 0.25) is 0 Å². The van der Waals surface area contributed by atoms with Crippen LogP contribution in [0, 0.1) is 0 Å². The van der Waals surface area contributed by atoms with Crippen LogP contribution in [0.2, 0.25) is 24.2 Å². The smallest absolute Gasteiger partial charge is 0.392 e. The van der Waals surface area contributed by atoms with Crippen molar-refractivity contribution in [2.45, 2.75) is 24.2 Å². The van der Waals surface area contributed by atoms with Gasteiger partial charge in [-0.2, -0.15) is 0 Å². The normalized spacial score (nSPS) is 40.2. The van der Waals surface area contributed by atoms with Gasteiger partial charge < -0.3 is 16.5 Å². The lowest BCUT2D eigenvalue weighted by Gasteiger charge is -2.44. The van der Waals surface area contributed by atoms with E-state index in [0.717, 1.165) is 0 Å². The van der Waals surface area contributed by atoms with Crippen LogP contribution in [-0.2, 0) is 16.5 Å². The quantitative estimate of drug-likeness (QED) is 0.259. The van der Waals surface area contributed by atoms with Gasteiger partial charge in [0.05, 0.1) is 0 Å². The summed E-state index contributed by atoms with van der Waals surface area (Å²) in [6.07, 6.45) is 6.37.